The monoisotopic (exact) mass is 332 g/mol. The Morgan fingerprint density at radius 3 is 2.23 bits per heavy atom. The Bertz CT molecular complexity index is 470. The lowest BCUT2D eigenvalue weighted by molar-refractivity contribution is -0.131. The maximum absolute atomic E-state index is 12.5. The number of hydrogen-bond acceptors (Lipinski definition) is 5. The van der Waals surface area contributed by atoms with Gasteiger partial charge in [-0.3, -0.25) is 4.79 Å². The normalized spacial score (nSPS) is 13.4. The molecule has 0 aromatic carbocycles. The van der Waals surface area contributed by atoms with Crippen LogP contribution in [0.25, 0.3) is 0 Å². The highest BCUT2D eigenvalue weighted by Crippen LogP contribution is 2.27. The Balaban J connectivity index is 0.00000441. The van der Waals surface area contributed by atoms with Crippen molar-refractivity contribution in [3.8, 4) is 0 Å². The molecule has 0 fully saturated rings. The number of halogens is 1. The molecule has 6 nitrogen and oxygen atoms in total. The number of nitrogens with one attached hydrogen (secondary N) is 1. The predicted octanol–water partition coefficient (Wildman–Crippen LogP) is 2.73. The van der Waals surface area contributed by atoms with Gasteiger partial charge in [0.25, 0.3) is 0 Å². The molecule has 1 amide bonds. The third-order valence-corrected chi connectivity index (χ3v) is 4.06. The molecule has 1 unspecified atom stereocenters. The molecule has 0 aliphatic heterocycles. The van der Waals surface area contributed by atoms with E-state index in [-0.39, 0.29) is 29.8 Å². The second-order valence-electron chi connectivity index (χ2n) is 6.59. The standard InChI is InChI=1S/C15H28N4O2.ClH/c1-7-15(8-2,9-16)13(20)17-10(3)11-18-12(19-21-11)14(4,5)6;/h10H,7-9,16H2,1-6H3,(H,17,20);1H. The van der Waals surface area contributed by atoms with Gasteiger partial charge in [-0.2, -0.15) is 4.98 Å². The first-order chi connectivity index (χ1) is 9.70. The highest BCUT2D eigenvalue weighted by molar-refractivity contribution is 5.85. The first kappa shape index (κ1) is 20.9. The summed E-state index contributed by atoms with van der Waals surface area (Å²) < 4.78 is 5.26. The number of amides is 1. The van der Waals surface area contributed by atoms with Crippen LogP contribution in [0.15, 0.2) is 4.52 Å². The molecule has 1 heterocycles. The van der Waals surface area contributed by atoms with Crippen molar-refractivity contribution < 1.29 is 9.32 Å². The number of rotatable bonds is 6. The van der Waals surface area contributed by atoms with E-state index in [2.05, 4.69) is 15.5 Å². The lowest BCUT2D eigenvalue weighted by Crippen LogP contribution is -2.46. The lowest BCUT2D eigenvalue weighted by atomic mass is 9.81. The van der Waals surface area contributed by atoms with Crippen LogP contribution >= 0.6 is 12.4 Å². The van der Waals surface area contributed by atoms with Gasteiger partial charge in [-0.05, 0) is 19.8 Å². The van der Waals surface area contributed by atoms with Crippen LogP contribution in [0.3, 0.4) is 0 Å². The van der Waals surface area contributed by atoms with E-state index in [1.807, 2.05) is 41.5 Å². The molecule has 0 aliphatic carbocycles. The van der Waals surface area contributed by atoms with Crippen LogP contribution in [-0.4, -0.2) is 22.6 Å². The molecule has 0 bridgehead atoms. The second-order valence-corrected chi connectivity index (χ2v) is 6.59. The molecule has 0 radical (unpaired) electrons. The van der Waals surface area contributed by atoms with Gasteiger partial charge in [0.2, 0.25) is 11.8 Å². The van der Waals surface area contributed by atoms with Gasteiger partial charge in [0.15, 0.2) is 5.82 Å². The van der Waals surface area contributed by atoms with Crippen molar-refractivity contribution in [2.24, 2.45) is 11.1 Å². The Morgan fingerprint density at radius 1 is 1.32 bits per heavy atom. The number of carbonyl (C=O) groups is 1. The predicted molar refractivity (Wildman–Crippen MR) is 88.9 cm³/mol. The summed E-state index contributed by atoms with van der Waals surface area (Å²) in [5, 5.41) is 6.92. The van der Waals surface area contributed by atoms with Crippen LogP contribution in [0.5, 0.6) is 0 Å². The molecule has 0 saturated heterocycles. The quantitative estimate of drug-likeness (QED) is 0.835. The van der Waals surface area contributed by atoms with Crippen molar-refractivity contribution in [1.29, 1.82) is 0 Å². The van der Waals surface area contributed by atoms with Gasteiger partial charge < -0.3 is 15.6 Å². The van der Waals surface area contributed by atoms with Gasteiger partial charge in [0.05, 0.1) is 5.41 Å². The maximum Gasteiger partial charge on any atom is 0.248 e. The molecule has 128 valence electrons. The average molecular weight is 333 g/mol. The zero-order valence-corrected chi connectivity index (χ0v) is 15.2. The van der Waals surface area contributed by atoms with E-state index < -0.39 is 5.41 Å². The molecule has 1 aromatic rings. The zero-order chi connectivity index (χ0) is 16.3. The van der Waals surface area contributed by atoms with E-state index in [1.54, 1.807) is 0 Å². The average Bonchev–Trinajstić information content (AvgIpc) is 2.91. The van der Waals surface area contributed by atoms with Gasteiger partial charge >= 0.3 is 0 Å². The van der Waals surface area contributed by atoms with Gasteiger partial charge in [-0.25, -0.2) is 0 Å². The molecule has 0 spiro atoms. The third kappa shape index (κ3) is 4.43. The third-order valence-electron chi connectivity index (χ3n) is 4.06. The topological polar surface area (TPSA) is 94.0 Å². The molecule has 1 atom stereocenters. The summed E-state index contributed by atoms with van der Waals surface area (Å²) in [7, 11) is 0. The Labute approximate surface area is 139 Å². The summed E-state index contributed by atoms with van der Waals surface area (Å²) in [5.41, 5.74) is 5.09. The summed E-state index contributed by atoms with van der Waals surface area (Å²) in [6, 6.07) is -0.329. The van der Waals surface area contributed by atoms with Crippen molar-refractivity contribution in [2.75, 3.05) is 6.54 Å². The van der Waals surface area contributed by atoms with Crippen LogP contribution in [-0.2, 0) is 10.2 Å². The van der Waals surface area contributed by atoms with E-state index >= 15 is 0 Å². The molecule has 22 heavy (non-hydrogen) atoms. The van der Waals surface area contributed by atoms with Crippen LogP contribution in [0.2, 0.25) is 0 Å². The van der Waals surface area contributed by atoms with E-state index in [9.17, 15) is 4.79 Å². The van der Waals surface area contributed by atoms with Crippen molar-refractivity contribution in [3.63, 3.8) is 0 Å². The first-order valence-corrected chi connectivity index (χ1v) is 7.55. The fourth-order valence-corrected chi connectivity index (χ4v) is 2.08. The van der Waals surface area contributed by atoms with Crippen LogP contribution in [0.4, 0.5) is 0 Å². The summed E-state index contributed by atoms with van der Waals surface area (Å²) in [4.78, 5) is 16.8. The number of nitrogens with two attached hydrogens (primary N) is 1. The molecule has 1 aromatic heterocycles. The van der Waals surface area contributed by atoms with Gasteiger partial charge in [-0.15, -0.1) is 12.4 Å². The fourth-order valence-electron chi connectivity index (χ4n) is 2.08. The molecule has 1 rings (SSSR count). The summed E-state index contributed by atoms with van der Waals surface area (Å²) in [6.45, 7) is 12.2. The van der Waals surface area contributed by atoms with Crippen molar-refractivity contribution in [2.45, 2.75) is 65.8 Å². The molecular formula is C15H29ClN4O2. The summed E-state index contributed by atoms with van der Waals surface area (Å²) in [6.07, 6.45) is 1.41. The minimum absolute atomic E-state index is 0. The van der Waals surface area contributed by atoms with Crippen molar-refractivity contribution >= 4 is 18.3 Å². The fraction of sp³-hybridized carbons (Fsp3) is 0.800. The Morgan fingerprint density at radius 2 is 1.86 bits per heavy atom. The lowest BCUT2D eigenvalue weighted by Gasteiger charge is -2.29. The number of nitrogens with zero attached hydrogens (tertiary/aromatic N) is 2. The molecule has 0 saturated carbocycles. The Kier molecular flexibility index (Phi) is 7.51. The van der Waals surface area contributed by atoms with Crippen LogP contribution < -0.4 is 11.1 Å². The van der Waals surface area contributed by atoms with Crippen molar-refractivity contribution in [1.82, 2.24) is 15.5 Å². The summed E-state index contributed by atoms with van der Waals surface area (Å²) >= 11 is 0. The zero-order valence-electron chi connectivity index (χ0n) is 14.4. The summed E-state index contributed by atoms with van der Waals surface area (Å²) in [5.74, 6) is 0.999. The molecule has 0 aliphatic rings. The van der Waals surface area contributed by atoms with Gasteiger partial charge in [-0.1, -0.05) is 39.8 Å². The number of hydrogen-bond donors (Lipinski definition) is 2. The smallest absolute Gasteiger partial charge is 0.248 e. The van der Waals surface area contributed by atoms with Gasteiger partial charge in [0.1, 0.15) is 6.04 Å². The Hall–Kier alpha value is -1.14. The SMILES string of the molecule is CCC(CC)(CN)C(=O)NC(C)c1nc(C(C)(C)C)no1.Cl. The van der Waals surface area contributed by atoms with Crippen LogP contribution in [0.1, 0.15) is 72.1 Å². The second kappa shape index (κ2) is 7.92. The van der Waals surface area contributed by atoms with Gasteiger partial charge in [0, 0.05) is 12.0 Å². The maximum atomic E-state index is 12.5. The van der Waals surface area contributed by atoms with E-state index in [0.717, 1.165) is 0 Å². The number of carbonyl (C=O) groups excluding carboxylic acids is 1. The van der Waals surface area contributed by atoms with Crippen LogP contribution in [0, 0.1) is 5.41 Å². The number of aromatic nitrogens is 2. The minimum Gasteiger partial charge on any atom is -0.344 e. The molecule has 7 heteroatoms. The minimum atomic E-state index is -0.527. The molecular weight excluding hydrogens is 304 g/mol. The highest BCUT2D eigenvalue weighted by Gasteiger charge is 2.35. The van der Waals surface area contributed by atoms with E-state index in [4.69, 9.17) is 10.3 Å². The van der Waals surface area contributed by atoms with Crippen molar-refractivity contribution in [3.05, 3.63) is 11.7 Å². The van der Waals surface area contributed by atoms with E-state index in [0.29, 0.717) is 31.1 Å². The molecule has 3 N–H and O–H groups in total. The largest absolute Gasteiger partial charge is 0.344 e. The highest BCUT2D eigenvalue weighted by atomic mass is 35.5. The van der Waals surface area contributed by atoms with E-state index in [1.165, 1.54) is 0 Å². The first-order valence-electron chi connectivity index (χ1n) is 7.55.